The van der Waals surface area contributed by atoms with Crippen molar-refractivity contribution in [1.29, 1.82) is 0 Å². The average molecular weight is 126 g/mol. The molecule has 3 heteroatoms. The highest BCUT2D eigenvalue weighted by Gasteiger charge is 2.26. The van der Waals surface area contributed by atoms with E-state index in [1.165, 1.54) is 24.4 Å². The van der Waals surface area contributed by atoms with E-state index in [2.05, 4.69) is 9.36 Å². The molecule has 1 aliphatic rings. The van der Waals surface area contributed by atoms with Gasteiger partial charge in [0.1, 0.15) is 11.3 Å². The molecule has 1 saturated carbocycles. The van der Waals surface area contributed by atoms with Crippen molar-refractivity contribution in [3.63, 3.8) is 0 Å². The van der Waals surface area contributed by atoms with E-state index in [0.29, 0.717) is 0 Å². The minimum atomic E-state index is 0.723. The van der Waals surface area contributed by atoms with E-state index in [-0.39, 0.29) is 0 Å². The number of aromatic nitrogens is 2. The van der Waals surface area contributed by atoms with Crippen molar-refractivity contribution in [2.45, 2.75) is 18.8 Å². The zero-order valence-corrected chi connectivity index (χ0v) is 5.19. The Morgan fingerprint density at radius 1 is 1.62 bits per heavy atom. The Hall–Kier alpha value is -0.440. The number of hydrogen-bond donors (Lipinski definition) is 0. The first-order valence-electron chi connectivity index (χ1n) is 2.73. The van der Waals surface area contributed by atoms with Gasteiger partial charge in [0.2, 0.25) is 0 Å². The van der Waals surface area contributed by atoms with Crippen LogP contribution < -0.4 is 0 Å². The summed E-state index contributed by atoms with van der Waals surface area (Å²) in [7, 11) is 0. The largest absolute Gasteiger partial charge is 0.228 e. The second-order valence-corrected chi connectivity index (χ2v) is 2.67. The van der Waals surface area contributed by atoms with Gasteiger partial charge in [-0.2, -0.15) is 4.37 Å². The molecule has 0 spiro atoms. The molecule has 0 atom stereocenters. The molecule has 2 rings (SSSR count). The molecule has 1 fully saturated rings. The molecule has 0 bridgehead atoms. The molecule has 1 aromatic rings. The van der Waals surface area contributed by atoms with E-state index in [1.807, 2.05) is 0 Å². The van der Waals surface area contributed by atoms with Crippen LogP contribution in [0.4, 0.5) is 0 Å². The van der Waals surface area contributed by atoms with Gasteiger partial charge >= 0.3 is 0 Å². The summed E-state index contributed by atoms with van der Waals surface area (Å²) in [6, 6.07) is 0. The fourth-order valence-electron chi connectivity index (χ4n) is 0.700. The minimum absolute atomic E-state index is 0.723. The summed E-state index contributed by atoms with van der Waals surface area (Å²) in [6.45, 7) is 0. The third-order valence-electron chi connectivity index (χ3n) is 1.32. The molecule has 0 unspecified atom stereocenters. The smallest absolute Gasteiger partial charge is 0.145 e. The van der Waals surface area contributed by atoms with Gasteiger partial charge in [0.25, 0.3) is 0 Å². The first kappa shape index (κ1) is 4.44. The monoisotopic (exact) mass is 126 g/mol. The van der Waals surface area contributed by atoms with Crippen molar-refractivity contribution in [1.82, 2.24) is 9.36 Å². The van der Waals surface area contributed by atoms with Crippen LogP contribution in [0.1, 0.15) is 24.6 Å². The molecule has 0 N–H and O–H groups in total. The van der Waals surface area contributed by atoms with Crippen molar-refractivity contribution in [2.75, 3.05) is 0 Å². The highest BCUT2D eigenvalue weighted by Crippen LogP contribution is 2.37. The maximum absolute atomic E-state index is 4.11. The molecule has 2 nitrogen and oxygen atoms in total. The molecule has 1 aliphatic carbocycles. The van der Waals surface area contributed by atoms with Crippen LogP contribution in [0.5, 0.6) is 0 Å². The van der Waals surface area contributed by atoms with Crippen LogP contribution in [0.15, 0.2) is 5.51 Å². The molecule has 42 valence electrons. The maximum atomic E-state index is 4.11. The fraction of sp³-hybridized carbons (Fsp3) is 0.600. The third kappa shape index (κ3) is 0.629. The molecule has 1 heterocycles. The summed E-state index contributed by atoms with van der Waals surface area (Å²) in [5, 5.41) is 0. The molecule has 0 aromatic carbocycles. The molecule has 8 heavy (non-hydrogen) atoms. The Kier molecular flexibility index (Phi) is 0.842. The van der Waals surface area contributed by atoms with Crippen molar-refractivity contribution in [3.05, 3.63) is 11.3 Å². The van der Waals surface area contributed by atoms with E-state index >= 15 is 0 Å². The minimum Gasteiger partial charge on any atom is -0.228 e. The summed E-state index contributed by atoms with van der Waals surface area (Å²) in [5.41, 5.74) is 1.80. The Morgan fingerprint density at radius 3 is 3.00 bits per heavy atom. The van der Waals surface area contributed by atoms with Gasteiger partial charge in [0.15, 0.2) is 0 Å². The molecule has 0 radical (unpaired) electrons. The van der Waals surface area contributed by atoms with Gasteiger partial charge in [0, 0.05) is 5.92 Å². The summed E-state index contributed by atoms with van der Waals surface area (Å²) in [6.07, 6.45) is 2.60. The van der Waals surface area contributed by atoms with E-state index < -0.39 is 0 Å². The number of hydrogen-bond acceptors (Lipinski definition) is 3. The lowest BCUT2D eigenvalue weighted by Crippen LogP contribution is -1.78. The van der Waals surface area contributed by atoms with Crippen molar-refractivity contribution in [3.8, 4) is 0 Å². The predicted molar refractivity (Wildman–Crippen MR) is 31.9 cm³/mol. The standard InChI is InChI=1S/C5H6N2S/c1-2-4(1)5-6-3-8-7-5/h3-4H,1-2H2. The zero-order chi connectivity index (χ0) is 5.40. The first-order valence-corrected chi connectivity index (χ1v) is 3.57. The lowest BCUT2D eigenvalue weighted by Gasteiger charge is -1.78. The predicted octanol–water partition coefficient (Wildman–Crippen LogP) is 1.42. The highest BCUT2D eigenvalue weighted by atomic mass is 32.1. The van der Waals surface area contributed by atoms with E-state index in [4.69, 9.17) is 0 Å². The van der Waals surface area contributed by atoms with Crippen LogP contribution >= 0.6 is 11.5 Å². The lowest BCUT2D eigenvalue weighted by molar-refractivity contribution is 0.986. The van der Waals surface area contributed by atoms with Crippen LogP contribution in [-0.4, -0.2) is 9.36 Å². The molecular weight excluding hydrogens is 120 g/mol. The Balaban J connectivity index is 2.28. The van der Waals surface area contributed by atoms with Gasteiger partial charge in [-0.1, -0.05) is 0 Å². The van der Waals surface area contributed by atoms with E-state index in [9.17, 15) is 0 Å². The average Bonchev–Trinajstić information content (AvgIpc) is 2.49. The first-order chi connectivity index (χ1) is 3.97. The molecule has 1 aromatic heterocycles. The van der Waals surface area contributed by atoms with Crippen LogP contribution in [0.2, 0.25) is 0 Å². The van der Waals surface area contributed by atoms with Crippen molar-refractivity contribution in [2.24, 2.45) is 0 Å². The number of nitrogens with zero attached hydrogens (tertiary/aromatic N) is 2. The topological polar surface area (TPSA) is 25.8 Å². The van der Waals surface area contributed by atoms with E-state index in [1.54, 1.807) is 5.51 Å². The number of rotatable bonds is 1. The van der Waals surface area contributed by atoms with Crippen LogP contribution in [0.3, 0.4) is 0 Å². The molecule has 0 amide bonds. The van der Waals surface area contributed by atoms with Gasteiger partial charge in [-0.25, -0.2) is 4.98 Å². The van der Waals surface area contributed by atoms with E-state index in [0.717, 1.165) is 11.7 Å². The normalized spacial score (nSPS) is 19.0. The van der Waals surface area contributed by atoms with Gasteiger partial charge in [-0.3, -0.25) is 0 Å². The summed E-state index contributed by atoms with van der Waals surface area (Å²) in [5.74, 6) is 1.79. The quantitative estimate of drug-likeness (QED) is 0.568. The Morgan fingerprint density at radius 2 is 2.50 bits per heavy atom. The summed E-state index contributed by atoms with van der Waals surface area (Å²) in [4.78, 5) is 4.09. The Bertz CT molecular complexity index is 167. The van der Waals surface area contributed by atoms with Crippen molar-refractivity contribution >= 4 is 11.5 Å². The van der Waals surface area contributed by atoms with Crippen LogP contribution in [0.25, 0.3) is 0 Å². The second kappa shape index (κ2) is 1.52. The SMILES string of the molecule is c1nc(C2CC2)ns1. The summed E-state index contributed by atoms with van der Waals surface area (Å²) < 4.78 is 4.11. The molecular formula is C5H6N2S. The van der Waals surface area contributed by atoms with Gasteiger partial charge in [-0.05, 0) is 24.4 Å². The zero-order valence-electron chi connectivity index (χ0n) is 4.37. The molecule has 0 saturated heterocycles. The second-order valence-electron chi connectivity index (χ2n) is 2.06. The van der Waals surface area contributed by atoms with Crippen LogP contribution in [0, 0.1) is 0 Å². The van der Waals surface area contributed by atoms with Crippen molar-refractivity contribution < 1.29 is 0 Å². The fourth-order valence-corrected chi connectivity index (χ4v) is 1.21. The molecule has 0 aliphatic heterocycles. The van der Waals surface area contributed by atoms with Crippen LogP contribution in [-0.2, 0) is 0 Å². The van der Waals surface area contributed by atoms with Gasteiger partial charge in [-0.15, -0.1) is 0 Å². The van der Waals surface area contributed by atoms with Gasteiger partial charge < -0.3 is 0 Å². The highest BCUT2D eigenvalue weighted by molar-refractivity contribution is 7.03. The maximum Gasteiger partial charge on any atom is 0.145 e. The Labute approximate surface area is 51.7 Å². The third-order valence-corrected chi connectivity index (χ3v) is 1.81. The lowest BCUT2D eigenvalue weighted by atomic mass is 10.4. The van der Waals surface area contributed by atoms with Gasteiger partial charge in [0.05, 0.1) is 0 Å². The summed E-state index contributed by atoms with van der Waals surface area (Å²) >= 11 is 1.45.